The fourth-order valence-corrected chi connectivity index (χ4v) is 4.35. The molecule has 1 amide bonds. The van der Waals surface area contributed by atoms with E-state index in [-0.39, 0.29) is 37.1 Å². The van der Waals surface area contributed by atoms with Crippen LogP contribution in [-0.2, 0) is 11.3 Å². The second-order valence-electron chi connectivity index (χ2n) is 8.20. The molecule has 5 rings (SSSR count). The van der Waals surface area contributed by atoms with Gasteiger partial charge in [-0.3, -0.25) is 4.79 Å². The Bertz CT molecular complexity index is 1270. The van der Waals surface area contributed by atoms with Crippen LogP contribution in [0.3, 0.4) is 0 Å². The number of rotatable bonds is 7. The van der Waals surface area contributed by atoms with Crippen molar-refractivity contribution in [3.8, 4) is 5.75 Å². The second-order valence-corrected chi connectivity index (χ2v) is 8.20. The summed E-state index contributed by atoms with van der Waals surface area (Å²) >= 11 is 0. The van der Waals surface area contributed by atoms with E-state index in [2.05, 4.69) is 0 Å². The lowest BCUT2D eigenvalue weighted by Gasteiger charge is -2.19. The Morgan fingerprint density at radius 1 is 1.03 bits per heavy atom. The quantitative estimate of drug-likeness (QED) is 0.464. The molecule has 1 aromatic heterocycles. The average molecular weight is 445 g/mol. The van der Waals surface area contributed by atoms with Crippen LogP contribution in [0, 0.1) is 5.82 Å². The van der Waals surface area contributed by atoms with Gasteiger partial charge in [-0.05, 0) is 36.4 Å². The third kappa shape index (κ3) is 4.32. The molecule has 0 saturated carbocycles. The van der Waals surface area contributed by atoms with E-state index in [4.69, 9.17) is 9.72 Å². The molecule has 7 heteroatoms. The van der Waals surface area contributed by atoms with Crippen LogP contribution in [0.4, 0.5) is 10.1 Å². The number of amides is 1. The summed E-state index contributed by atoms with van der Waals surface area (Å²) in [4.78, 5) is 19.0. The first-order valence-electron chi connectivity index (χ1n) is 11.0. The van der Waals surface area contributed by atoms with Crippen LogP contribution in [0.15, 0.2) is 78.9 Å². The highest BCUT2D eigenvalue weighted by Crippen LogP contribution is 2.34. The molecule has 2 heterocycles. The van der Waals surface area contributed by atoms with Crippen molar-refractivity contribution >= 4 is 22.6 Å². The van der Waals surface area contributed by atoms with Crippen molar-refractivity contribution in [3.05, 3.63) is 90.5 Å². The molecule has 0 unspecified atom stereocenters. The van der Waals surface area contributed by atoms with E-state index in [1.807, 2.05) is 59.2 Å². The molecule has 2 atom stereocenters. The lowest BCUT2D eigenvalue weighted by atomic mass is 10.1. The first-order chi connectivity index (χ1) is 16.1. The van der Waals surface area contributed by atoms with E-state index in [0.29, 0.717) is 18.1 Å². The third-order valence-electron chi connectivity index (χ3n) is 5.90. The third-order valence-corrected chi connectivity index (χ3v) is 5.90. The Hall–Kier alpha value is -3.71. The largest absolute Gasteiger partial charge is 0.491 e. The van der Waals surface area contributed by atoms with Crippen LogP contribution >= 0.6 is 0 Å². The molecule has 1 aliphatic heterocycles. The van der Waals surface area contributed by atoms with E-state index in [0.717, 1.165) is 11.0 Å². The van der Waals surface area contributed by atoms with Gasteiger partial charge >= 0.3 is 0 Å². The van der Waals surface area contributed by atoms with Gasteiger partial charge in [0.25, 0.3) is 0 Å². The number of para-hydroxylation sites is 4. The zero-order valence-electron chi connectivity index (χ0n) is 18.0. The zero-order valence-corrected chi connectivity index (χ0v) is 18.0. The minimum absolute atomic E-state index is 0.126. The second kappa shape index (κ2) is 9.03. The van der Waals surface area contributed by atoms with Gasteiger partial charge in [-0.2, -0.15) is 0 Å². The molecule has 1 fully saturated rings. The number of carbonyl (C=O) groups is 1. The van der Waals surface area contributed by atoms with Gasteiger partial charge in [0.15, 0.2) is 0 Å². The number of carbonyl (C=O) groups excluding carboxylic acids is 1. The monoisotopic (exact) mass is 445 g/mol. The maximum atomic E-state index is 14.3. The molecule has 0 radical (unpaired) electrons. The Balaban J connectivity index is 1.40. The van der Waals surface area contributed by atoms with Gasteiger partial charge in [-0.25, -0.2) is 9.37 Å². The van der Waals surface area contributed by atoms with Crippen molar-refractivity contribution in [1.82, 2.24) is 9.55 Å². The predicted molar refractivity (Wildman–Crippen MR) is 124 cm³/mol. The van der Waals surface area contributed by atoms with Crippen molar-refractivity contribution < 1.29 is 19.0 Å². The number of hydrogen-bond donors (Lipinski definition) is 1. The van der Waals surface area contributed by atoms with Gasteiger partial charge in [0.2, 0.25) is 5.91 Å². The SMILES string of the molecule is O=C1C[C@H](c2nc3ccccc3n2C[C@@H](O)COc2ccccc2)CN1c1ccccc1F. The summed E-state index contributed by atoms with van der Waals surface area (Å²) in [6.07, 6.45) is -0.546. The summed E-state index contributed by atoms with van der Waals surface area (Å²) in [5, 5.41) is 10.7. The average Bonchev–Trinajstić information content (AvgIpc) is 3.39. The summed E-state index contributed by atoms with van der Waals surface area (Å²) < 4.78 is 22.0. The fraction of sp³-hybridized carbons (Fsp3) is 0.231. The number of fused-ring (bicyclic) bond motifs is 1. The minimum atomic E-state index is -0.777. The van der Waals surface area contributed by atoms with Gasteiger partial charge in [-0.1, -0.05) is 42.5 Å². The van der Waals surface area contributed by atoms with E-state index in [9.17, 15) is 14.3 Å². The molecule has 168 valence electrons. The lowest BCUT2D eigenvalue weighted by Crippen LogP contribution is -2.27. The molecule has 6 nitrogen and oxygen atoms in total. The maximum Gasteiger partial charge on any atom is 0.227 e. The Kier molecular flexibility index (Phi) is 5.79. The van der Waals surface area contributed by atoms with Gasteiger partial charge in [0.05, 0.1) is 23.3 Å². The van der Waals surface area contributed by atoms with Crippen LogP contribution in [0.2, 0.25) is 0 Å². The molecule has 0 spiro atoms. The highest BCUT2D eigenvalue weighted by molar-refractivity contribution is 5.96. The summed E-state index contributed by atoms with van der Waals surface area (Å²) in [5.74, 6) is 0.619. The number of ether oxygens (including phenoxy) is 1. The number of imidazole rings is 1. The molecule has 4 aromatic rings. The van der Waals surface area contributed by atoms with Gasteiger partial charge < -0.3 is 19.3 Å². The highest BCUT2D eigenvalue weighted by atomic mass is 19.1. The van der Waals surface area contributed by atoms with Gasteiger partial charge in [-0.15, -0.1) is 0 Å². The summed E-state index contributed by atoms with van der Waals surface area (Å²) in [5.41, 5.74) is 1.95. The highest BCUT2D eigenvalue weighted by Gasteiger charge is 2.36. The molecule has 1 saturated heterocycles. The van der Waals surface area contributed by atoms with Crippen LogP contribution in [-0.4, -0.2) is 39.8 Å². The van der Waals surface area contributed by atoms with E-state index < -0.39 is 11.9 Å². The molecule has 0 aliphatic carbocycles. The summed E-state index contributed by atoms with van der Waals surface area (Å²) in [6, 6.07) is 23.3. The van der Waals surface area contributed by atoms with Crippen LogP contribution in [0.25, 0.3) is 11.0 Å². The van der Waals surface area contributed by atoms with Gasteiger partial charge in [0, 0.05) is 18.9 Å². The van der Waals surface area contributed by atoms with Crippen LogP contribution < -0.4 is 9.64 Å². The van der Waals surface area contributed by atoms with Crippen LogP contribution in [0.1, 0.15) is 18.2 Å². The van der Waals surface area contributed by atoms with Crippen LogP contribution in [0.5, 0.6) is 5.75 Å². The normalized spacial score (nSPS) is 17.0. The first kappa shape index (κ1) is 21.2. The maximum absolute atomic E-state index is 14.3. The Morgan fingerprint density at radius 2 is 1.76 bits per heavy atom. The number of aromatic nitrogens is 2. The Labute approximate surface area is 190 Å². The van der Waals surface area contributed by atoms with Crippen molar-refractivity contribution in [1.29, 1.82) is 0 Å². The molecular formula is C26H24FN3O3. The van der Waals surface area contributed by atoms with Crippen molar-refractivity contribution in [2.45, 2.75) is 25.0 Å². The lowest BCUT2D eigenvalue weighted by molar-refractivity contribution is -0.117. The summed E-state index contributed by atoms with van der Waals surface area (Å²) in [6.45, 7) is 0.730. The predicted octanol–water partition coefficient (Wildman–Crippen LogP) is 4.14. The van der Waals surface area contributed by atoms with Crippen molar-refractivity contribution in [2.24, 2.45) is 0 Å². The van der Waals surface area contributed by atoms with Crippen molar-refractivity contribution in [2.75, 3.05) is 18.1 Å². The molecule has 0 bridgehead atoms. The fourth-order valence-electron chi connectivity index (χ4n) is 4.35. The summed E-state index contributed by atoms with van der Waals surface area (Å²) in [7, 11) is 0. The number of benzene rings is 3. The molecule has 1 aliphatic rings. The number of aliphatic hydroxyl groups excluding tert-OH is 1. The number of nitrogens with zero attached hydrogens (tertiary/aromatic N) is 3. The van der Waals surface area contributed by atoms with E-state index in [1.165, 1.54) is 11.0 Å². The number of anilines is 1. The molecular weight excluding hydrogens is 421 g/mol. The molecule has 33 heavy (non-hydrogen) atoms. The number of halogens is 1. The van der Waals surface area contributed by atoms with Crippen molar-refractivity contribution in [3.63, 3.8) is 0 Å². The minimum Gasteiger partial charge on any atom is -0.491 e. The van der Waals surface area contributed by atoms with E-state index in [1.54, 1.807) is 18.2 Å². The molecule has 1 N–H and O–H groups in total. The Morgan fingerprint density at radius 3 is 2.58 bits per heavy atom. The van der Waals surface area contributed by atoms with E-state index >= 15 is 0 Å². The molecule has 3 aromatic carbocycles. The number of aliphatic hydroxyl groups is 1. The standard InChI is InChI=1S/C26H24FN3O3/c27-21-10-4-6-12-23(21)29-15-18(14-25(29)32)26-28-22-11-5-7-13-24(22)30(26)16-19(31)17-33-20-8-2-1-3-9-20/h1-13,18-19,31H,14-17H2/t18-,19+/m0/s1. The first-order valence-corrected chi connectivity index (χ1v) is 11.0. The smallest absolute Gasteiger partial charge is 0.227 e. The topological polar surface area (TPSA) is 67.6 Å². The van der Waals surface area contributed by atoms with Gasteiger partial charge in [0.1, 0.15) is 30.1 Å². The number of hydrogen-bond acceptors (Lipinski definition) is 4. The zero-order chi connectivity index (χ0) is 22.8.